The van der Waals surface area contributed by atoms with Crippen molar-refractivity contribution in [3.8, 4) is 5.75 Å². The zero-order valence-corrected chi connectivity index (χ0v) is 13.2. The number of likely N-dealkylation sites (N-methyl/N-ethyl adjacent to an activating group) is 1. The predicted molar refractivity (Wildman–Crippen MR) is 88.2 cm³/mol. The van der Waals surface area contributed by atoms with E-state index < -0.39 is 5.97 Å². The van der Waals surface area contributed by atoms with Gasteiger partial charge in [-0.2, -0.15) is 0 Å². The van der Waals surface area contributed by atoms with E-state index in [0.717, 1.165) is 11.3 Å². The zero-order chi connectivity index (χ0) is 16.6. The summed E-state index contributed by atoms with van der Waals surface area (Å²) in [6.45, 7) is 0. The second-order valence-corrected chi connectivity index (χ2v) is 5.92. The van der Waals surface area contributed by atoms with E-state index in [4.69, 9.17) is 15.6 Å². The van der Waals surface area contributed by atoms with Crippen molar-refractivity contribution in [3.63, 3.8) is 0 Å². The summed E-state index contributed by atoms with van der Waals surface area (Å²) in [5.74, 6) is -0.114. The normalized spacial score (nSPS) is 22.4. The first-order valence-electron chi connectivity index (χ1n) is 7.48. The van der Waals surface area contributed by atoms with Gasteiger partial charge in [0, 0.05) is 18.7 Å². The van der Waals surface area contributed by atoms with Gasteiger partial charge in [-0.25, -0.2) is 4.79 Å². The van der Waals surface area contributed by atoms with Gasteiger partial charge < -0.3 is 20.5 Å². The molecule has 0 saturated carbocycles. The Kier molecular flexibility index (Phi) is 3.86. The number of carboxylic acid groups (broad SMARTS) is 1. The van der Waals surface area contributed by atoms with Gasteiger partial charge in [0.15, 0.2) is 0 Å². The van der Waals surface area contributed by atoms with Crippen LogP contribution in [0.4, 0.5) is 0 Å². The Morgan fingerprint density at radius 1 is 1.43 bits per heavy atom. The van der Waals surface area contributed by atoms with E-state index >= 15 is 0 Å². The fourth-order valence-electron chi connectivity index (χ4n) is 3.25. The average molecular weight is 312 g/mol. The summed E-state index contributed by atoms with van der Waals surface area (Å²) in [5, 5.41) is 9.10. The number of methoxy groups -OCH3 is 1. The lowest BCUT2D eigenvalue weighted by atomic mass is 9.86. The minimum Gasteiger partial charge on any atom is -0.496 e. The maximum absolute atomic E-state index is 11.1. The van der Waals surface area contributed by atoms with Gasteiger partial charge in [0.25, 0.3) is 0 Å². The minimum atomic E-state index is -0.956. The van der Waals surface area contributed by atoms with Crippen molar-refractivity contribution in [1.29, 1.82) is 0 Å². The topological polar surface area (TPSA) is 75.8 Å². The summed E-state index contributed by atoms with van der Waals surface area (Å²) >= 11 is 0. The van der Waals surface area contributed by atoms with Crippen molar-refractivity contribution in [2.75, 3.05) is 14.2 Å². The van der Waals surface area contributed by atoms with Crippen LogP contribution in [0.15, 0.2) is 53.9 Å². The van der Waals surface area contributed by atoms with Crippen LogP contribution in [-0.2, 0) is 6.42 Å². The van der Waals surface area contributed by atoms with Gasteiger partial charge in [-0.3, -0.25) is 0 Å². The maximum Gasteiger partial charge on any atom is 0.335 e. The average Bonchev–Trinajstić information content (AvgIpc) is 2.83. The SMILES string of the molecule is COc1cc(C(=O)O)ccc1CC1=CN(C)C2C=CC(N)=CC12. The second kappa shape index (κ2) is 5.83. The third-order valence-corrected chi connectivity index (χ3v) is 4.42. The quantitative estimate of drug-likeness (QED) is 0.891. The number of fused-ring (bicyclic) bond motifs is 1. The van der Waals surface area contributed by atoms with Crippen LogP contribution >= 0.6 is 0 Å². The van der Waals surface area contributed by atoms with Crippen molar-refractivity contribution in [3.05, 3.63) is 65.0 Å². The summed E-state index contributed by atoms with van der Waals surface area (Å²) in [6.07, 6.45) is 8.98. The molecule has 1 aromatic carbocycles. The first-order chi connectivity index (χ1) is 11.0. The van der Waals surface area contributed by atoms with Crippen LogP contribution in [-0.4, -0.2) is 36.2 Å². The number of aromatic carboxylic acids is 1. The molecule has 3 N–H and O–H groups in total. The van der Waals surface area contributed by atoms with Crippen molar-refractivity contribution < 1.29 is 14.6 Å². The molecule has 2 aliphatic rings. The maximum atomic E-state index is 11.1. The van der Waals surface area contributed by atoms with E-state index in [1.807, 2.05) is 12.1 Å². The molecule has 1 aliphatic carbocycles. The van der Waals surface area contributed by atoms with Gasteiger partial charge in [-0.1, -0.05) is 18.2 Å². The van der Waals surface area contributed by atoms with Gasteiger partial charge in [-0.05, 0) is 42.0 Å². The molecule has 1 aliphatic heterocycles. The smallest absolute Gasteiger partial charge is 0.335 e. The lowest BCUT2D eigenvalue weighted by molar-refractivity contribution is 0.0696. The molecule has 5 nitrogen and oxygen atoms in total. The number of hydrogen-bond donors (Lipinski definition) is 2. The summed E-state index contributed by atoms with van der Waals surface area (Å²) in [6, 6.07) is 5.30. The second-order valence-electron chi connectivity index (χ2n) is 5.92. The number of nitrogens with two attached hydrogens (primary N) is 1. The first-order valence-corrected chi connectivity index (χ1v) is 7.48. The lowest BCUT2D eigenvalue weighted by Gasteiger charge is -2.25. The Balaban J connectivity index is 1.89. The highest BCUT2D eigenvalue weighted by Gasteiger charge is 2.32. The molecule has 0 spiro atoms. The molecule has 3 rings (SSSR count). The molecule has 1 aromatic rings. The monoisotopic (exact) mass is 312 g/mol. The van der Waals surface area contributed by atoms with Crippen LogP contribution in [0.25, 0.3) is 0 Å². The number of carboxylic acids is 1. The zero-order valence-electron chi connectivity index (χ0n) is 13.2. The van der Waals surface area contributed by atoms with Crippen LogP contribution in [0.5, 0.6) is 5.75 Å². The van der Waals surface area contributed by atoms with Crippen LogP contribution in [0.3, 0.4) is 0 Å². The van der Waals surface area contributed by atoms with Gasteiger partial charge in [-0.15, -0.1) is 0 Å². The molecule has 2 unspecified atom stereocenters. The number of allylic oxidation sites excluding steroid dienone is 1. The number of ether oxygens (including phenoxy) is 1. The molecule has 0 bridgehead atoms. The summed E-state index contributed by atoms with van der Waals surface area (Å²) in [5.41, 5.74) is 9.16. The lowest BCUT2D eigenvalue weighted by Crippen LogP contribution is -2.29. The molecule has 5 heteroatoms. The molecule has 1 heterocycles. The number of hydrogen-bond acceptors (Lipinski definition) is 4. The number of carbonyl (C=O) groups is 1. The van der Waals surface area contributed by atoms with Crippen molar-refractivity contribution >= 4 is 5.97 Å². The fraction of sp³-hybridized carbons (Fsp3) is 0.278. The third-order valence-electron chi connectivity index (χ3n) is 4.42. The molecular weight excluding hydrogens is 292 g/mol. The molecule has 0 saturated heterocycles. The minimum absolute atomic E-state index is 0.228. The summed E-state index contributed by atoms with van der Waals surface area (Å²) < 4.78 is 5.37. The Hall–Kier alpha value is -2.69. The van der Waals surface area contributed by atoms with Crippen LogP contribution < -0.4 is 10.5 Å². The number of benzene rings is 1. The Morgan fingerprint density at radius 3 is 2.91 bits per heavy atom. The van der Waals surface area contributed by atoms with Crippen LogP contribution in [0.2, 0.25) is 0 Å². The number of nitrogens with zero attached hydrogens (tertiary/aromatic N) is 1. The molecule has 120 valence electrons. The molecular formula is C18H20N2O3. The molecule has 0 radical (unpaired) electrons. The van der Waals surface area contributed by atoms with E-state index in [9.17, 15) is 4.79 Å². The van der Waals surface area contributed by atoms with Crippen LogP contribution in [0.1, 0.15) is 15.9 Å². The van der Waals surface area contributed by atoms with Crippen molar-refractivity contribution in [2.24, 2.45) is 11.7 Å². The Bertz CT molecular complexity index is 734. The first kappa shape index (κ1) is 15.2. The van der Waals surface area contributed by atoms with E-state index in [2.05, 4.69) is 30.3 Å². The predicted octanol–water partition coefficient (Wildman–Crippen LogP) is 2.16. The number of rotatable bonds is 4. The van der Waals surface area contributed by atoms with E-state index in [-0.39, 0.29) is 11.5 Å². The van der Waals surface area contributed by atoms with E-state index in [0.29, 0.717) is 18.2 Å². The van der Waals surface area contributed by atoms with Gasteiger partial charge in [0.2, 0.25) is 0 Å². The van der Waals surface area contributed by atoms with Gasteiger partial charge in [0.05, 0.1) is 18.7 Å². The van der Waals surface area contributed by atoms with Crippen LogP contribution in [0, 0.1) is 5.92 Å². The third kappa shape index (κ3) is 2.82. The molecule has 0 fully saturated rings. The molecule has 0 aromatic heterocycles. The standard InChI is InChI=1S/C18H20N2O3/c1-20-10-13(15-9-14(19)5-6-16(15)20)7-11-3-4-12(18(21)22)8-17(11)23-2/h3-6,8-10,15-16H,7,19H2,1-2H3,(H,21,22). The van der Waals surface area contributed by atoms with E-state index in [1.165, 1.54) is 5.57 Å². The fourth-order valence-corrected chi connectivity index (χ4v) is 3.25. The van der Waals surface area contributed by atoms with Crippen molar-refractivity contribution in [2.45, 2.75) is 12.5 Å². The highest BCUT2D eigenvalue weighted by atomic mass is 16.5. The van der Waals surface area contributed by atoms with Gasteiger partial charge >= 0.3 is 5.97 Å². The highest BCUT2D eigenvalue weighted by molar-refractivity contribution is 5.88. The Labute approximate surface area is 135 Å². The molecule has 2 atom stereocenters. The highest BCUT2D eigenvalue weighted by Crippen LogP contribution is 2.36. The van der Waals surface area contributed by atoms with Gasteiger partial charge in [0.1, 0.15) is 5.75 Å². The summed E-state index contributed by atoms with van der Waals surface area (Å²) in [7, 11) is 3.61. The largest absolute Gasteiger partial charge is 0.496 e. The molecule has 23 heavy (non-hydrogen) atoms. The Morgan fingerprint density at radius 2 is 2.22 bits per heavy atom. The molecule has 0 amide bonds. The van der Waals surface area contributed by atoms with Crippen molar-refractivity contribution in [1.82, 2.24) is 4.90 Å². The van der Waals surface area contributed by atoms with E-state index in [1.54, 1.807) is 19.2 Å². The summed E-state index contributed by atoms with van der Waals surface area (Å²) in [4.78, 5) is 13.3.